The number of ether oxygens (including phenoxy) is 5. The Morgan fingerprint density at radius 3 is 1.45 bits per heavy atom. The van der Waals surface area contributed by atoms with Gasteiger partial charge in [0.15, 0.2) is 5.92 Å². The predicted molar refractivity (Wildman–Crippen MR) is 414 cm³/mol. The highest BCUT2D eigenvalue weighted by Crippen LogP contribution is 2.67. The molecule has 3 saturated carbocycles. The minimum absolute atomic E-state index is 0.317. The molecule has 99 heavy (non-hydrogen) atoms. The highest BCUT2D eigenvalue weighted by Gasteiger charge is 2.59. The first kappa shape index (κ1) is 79.2. The van der Waals surface area contributed by atoms with Crippen molar-refractivity contribution in [2.45, 2.75) is 299 Å². The number of nitrogens with zero attached hydrogens (tertiary/aromatic N) is 2. The smallest absolute Gasteiger partial charge is 0.320 e. The van der Waals surface area contributed by atoms with Crippen molar-refractivity contribution in [2.75, 3.05) is 33.0 Å². The summed E-state index contributed by atoms with van der Waals surface area (Å²) in [6.45, 7) is 20.1. The van der Waals surface area contributed by atoms with Crippen LogP contribution in [0.25, 0.3) is 0 Å². The zero-order valence-corrected chi connectivity index (χ0v) is 63.2. The van der Waals surface area contributed by atoms with Crippen molar-refractivity contribution in [1.29, 1.82) is 0 Å². The molecule has 0 heterocycles. The number of aliphatic imine (C=N–C) groups is 2. The molecule has 8 rings (SSSR count). The largest absolute Gasteiger partial charge is 0.494 e. The zero-order chi connectivity index (χ0) is 69.8. The summed E-state index contributed by atoms with van der Waals surface area (Å²) in [6.07, 6.45) is 50.2. The molecule has 0 N–H and O–H groups in total. The molecule has 4 aromatic rings. The van der Waals surface area contributed by atoms with Crippen LogP contribution in [0, 0.1) is 52.3 Å². The van der Waals surface area contributed by atoms with E-state index in [1.807, 2.05) is 36.7 Å². The second-order valence-electron chi connectivity index (χ2n) is 31.7. The lowest BCUT2D eigenvalue weighted by molar-refractivity contribution is -0.162. The van der Waals surface area contributed by atoms with Gasteiger partial charge < -0.3 is 23.7 Å². The fourth-order valence-electron chi connectivity index (χ4n) is 17.5. The molecule has 0 spiro atoms. The van der Waals surface area contributed by atoms with Crippen LogP contribution >= 0.6 is 0 Å². The van der Waals surface area contributed by atoms with Gasteiger partial charge in [-0.05, 0) is 257 Å². The average Bonchev–Trinajstić information content (AvgIpc) is 1.70. The SMILES string of the molecule is CCCCc1ccc(N=Cc2ccc(OCCCCCCCCCCOC(=O)C(CCCCCCO[C@H]3CC[C@@]4(C)C(=CC[C@H]5[C@@H]6CC[C@H]([C@H](C)CCCC(C)C)[C@@]6(C)CC[C@@H]54)C3)C(=O)OCCCCCCCCCCOc3ccc(C=Nc4ccc(CCCC)cc4)cc3)cc2)cc1. The van der Waals surface area contributed by atoms with Crippen molar-refractivity contribution in [3.8, 4) is 11.5 Å². The van der Waals surface area contributed by atoms with E-state index >= 15 is 0 Å². The summed E-state index contributed by atoms with van der Waals surface area (Å²) in [5, 5.41) is 0. The van der Waals surface area contributed by atoms with Crippen LogP contribution in [-0.4, -0.2) is 63.5 Å². The zero-order valence-electron chi connectivity index (χ0n) is 63.2. The van der Waals surface area contributed by atoms with Gasteiger partial charge in [0.05, 0.1) is 43.9 Å². The third-order valence-corrected chi connectivity index (χ3v) is 23.7. The number of rotatable bonds is 49. The van der Waals surface area contributed by atoms with Gasteiger partial charge in [-0.3, -0.25) is 19.6 Å². The Morgan fingerprint density at radius 2 is 0.960 bits per heavy atom. The third-order valence-electron chi connectivity index (χ3n) is 23.7. The minimum Gasteiger partial charge on any atom is -0.494 e. The number of fused-ring (bicyclic) bond motifs is 5. The summed E-state index contributed by atoms with van der Waals surface area (Å²) in [5.74, 6) is 5.25. The van der Waals surface area contributed by atoms with Crippen LogP contribution in [0.5, 0.6) is 11.5 Å². The van der Waals surface area contributed by atoms with E-state index in [4.69, 9.17) is 23.7 Å². The maximum atomic E-state index is 13.6. The monoisotopic (exact) mass is 1360 g/mol. The number of esters is 2. The van der Waals surface area contributed by atoms with E-state index in [-0.39, 0.29) is 0 Å². The van der Waals surface area contributed by atoms with Gasteiger partial charge in [-0.1, -0.05) is 213 Å². The number of hydrogen-bond acceptors (Lipinski definition) is 9. The van der Waals surface area contributed by atoms with Crippen molar-refractivity contribution in [3.63, 3.8) is 0 Å². The van der Waals surface area contributed by atoms with E-state index in [1.165, 1.54) is 127 Å². The van der Waals surface area contributed by atoms with Crippen LogP contribution in [0.2, 0.25) is 0 Å². The van der Waals surface area contributed by atoms with Crippen molar-refractivity contribution in [1.82, 2.24) is 0 Å². The summed E-state index contributed by atoms with van der Waals surface area (Å²) in [5.41, 5.74) is 9.37. The van der Waals surface area contributed by atoms with Crippen molar-refractivity contribution in [2.24, 2.45) is 62.2 Å². The van der Waals surface area contributed by atoms with E-state index < -0.39 is 17.9 Å². The molecule has 4 aromatic carbocycles. The van der Waals surface area contributed by atoms with E-state index in [0.717, 1.165) is 211 Å². The normalized spacial score (nSPS) is 21.9. The first-order chi connectivity index (χ1) is 48.3. The predicted octanol–water partition coefficient (Wildman–Crippen LogP) is 24.7. The standard InChI is InChI=1S/C90H134N2O7/c1-8-10-35-72-38-47-77(48-39-72)91-68-74-42-51-79(52-43-74)95-62-27-21-16-12-14-18-23-30-65-98-87(93)83(88(94)99-66-31-24-19-15-13-17-22-28-63-96-80-53-44-75(45-54-80)69-92-78-49-40-73(41-50-78)36-11-9-2)37-26-20-25-29-64-97-81-58-60-89(6)76(67-81)46-55-82-85-57-56-84(71(5)34-32-33-70(3)4)90(85,7)61-59-86(82)89/h38-54,68-71,81-86H,8-37,55-67H2,1-7H3/t71-,81+,82+,83?,84-,85+,86+,89+,90-/m1/s1. The fraction of sp³-hybridized carbons (Fsp3) is 0.667. The molecule has 0 amide bonds. The van der Waals surface area contributed by atoms with E-state index in [0.29, 0.717) is 36.6 Å². The van der Waals surface area contributed by atoms with Gasteiger partial charge in [-0.2, -0.15) is 0 Å². The second kappa shape index (κ2) is 44.1. The summed E-state index contributed by atoms with van der Waals surface area (Å²) >= 11 is 0. The van der Waals surface area contributed by atoms with Gasteiger partial charge in [-0.25, -0.2) is 0 Å². The van der Waals surface area contributed by atoms with Crippen LogP contribution in [0.4, 0.5) is 11.4 Å². The maximum absolute atomic E-state index is 13.6. The molecular formula is C90H134N2O7. The number of unbranched alkanes of at least 4 members (excludes halogenated alkanes) is 19. The third kappa shape index (κ3) is 26.7. The molecule has 0 aromatic heterocycles. The summed E-state index contributed by atoms with van der Waals surface area (Å²) < 4.78 is 30.5. The summed E-state index contributed by atoms with van der Waals surface area (Å²) in [7, 11) is 0. The fourth-order valence-corrected chi connectivity index (χ4v) is 17.5. The Balaban J connectivity index is 0.679. The Kier molecular flexibility index (Phi) is 35.2. The Labute approximate surface area is 602 Å². The lowest BCUT2D eigenvalue weighted by Crippen LogP contribution is -2.51. The molecule has 4 aliphatic rings. The number of benzene rings is 4. The molecule has 0 bridgehead atoms. The highest BCUT2D eigenvalue weighted by atomic mass is 16.6. The minimum atomic E-state index is -0.865. The Hall–Kier alpha value is -5.54. The first-order valence-corrected chi connectivity index (χ1v) is 40.7. The van der Waals surface area contributed by atoms with E-state index in [2.05, 4.69) is 137 Å². The van der Waals surface area contributed by atoms with E-state index in [1.54, 1.807) is 5.57 Å². The second-order valence-corrected chi connectivity index (χ2v) is 31.7. The van der Waals surface area contributed by atoms with Crippen LogP contribution in [-0.2, 0) is 36.6 Å². The van der Waals surface area contributed by atoms with Gasteiger partial charge >= 0.3 is 11.9 Å². The molecule has 0 unspecified atom stereocenters. The van der Waals surface area contributed by atoms with Crippen molar-refractivity contribution >= 4 is 35.7 Å². The van der Waals surface area contributed by atoms with Crippen molar-refractivity contribution < 1.29 is 33.3 Å². The number of carbonyl (C=O) groups excluding carboxylic acids is 2. The number of aryl methyl sites for hydroxylation is 2. The molecule has 0 aliphatic heterocycles. The molecule has 546 valence electrons. The first-order valence-electron chi connectivity index (χ1n) is 40.7. The number of hydrogen-bond donors (Lipinski definition) is 0. The topological polar surface area (TPSA) is 105 Å². The number of allylic oxidation sites excluding steroid dienone is 1. The van der Waals surface area contributed by atoms with Gasteiger partial charge in [-0.15, -0.1) is 0 Å². The summed E-state index contributed by atoms with van der Waals surface area (Å²) in [6, 6.07) is 33.5. The van der Waals surface area contributed by atoms with Crippen LogP contribution < -0.4 is 9.47 Å². The van der Waals surface area contributed by atoms with Gasteiger partial charge in [0.2, 0.25) is 0 Å². The summed E-state index contributed by atoms with van der Waals surface area (Å²) in [4.78, 5) is 36.6. The molecule has 3 fully saturated rings. The Morgan fingerprint density at radius 1 is 0.485 bits per heavy atom. The van der Waals surface area contributed by atoms with Crippen molar-refractivity contribution in [3.05, 3.63) is 131 Å². The quantitative estimate of drug-likeness (QED) is 0.0143. The van der Waals surface area contributed by atoms with Gasteiger partial charge in [0, 0.05) is 19.0 Å². The van der Waals surface area contributed by atoms with E-state index in [9.17, 15) is 9.59 Å². The van der Waals surface area contributed by atoms with Crippen LogP contribution in [0.1, 0.15) is 302 Å². The van der Waals surface area contributed by atoms with Crippen LogP contribution in [0.15, 0.2) is 119 Å². The molecule has 0 saturated heterocycles. The van der Waals surface area contributed by atoms with Crippen LogP contribution in [0.3, 0.4) is 0 Å². The maximum Gasteiger partial charge on any atom is 0.320 e. The van der Waals surface area contributed by atoms with Gasteiger partial charge in [0.25, 0.3) is 0 Å². The lowest BCUT2D eigenvalue weighted by Gasteiger charge is -2.58. The molecule has 8 atom stereocenters. The lowest BCUT2D eigenvalue weighted by atomic mass is 9.47. The molecule has 0 radical (unpaired) electrons. The Bertz CT molecular complexity index is 2830. The molecule has 9 heteroatoms. The highest BCUT2D eigenvalue weighted by molar-refractivity contribution is 5.94. The molecule has 9 nitrogen and oxygen atoms in total. The number of carbonyl (C=O) groups is 2. The average molecular weight is 1360 g/mol. The molecular weight excluding hydrogens is 1220 g/mol. The molecule has 4 aliphatic carbocycles. The van der Waals surface area contributed by atoms with Gasteiger partial charge in [0.1, 0.15) is 11.5 Å².